The summed E-state index contributed by atoms with van der Waals surface area (Å²) in [6, 6.07) is 1.83. The third kappa shape index (κ3) is 3.26. The van der Waals surface area contributed by atoms with Gasteiger partial charge in [0.1, 0.15) is 0 Å². The third-order valence-corrected chi connectivity index (χ3v) is 5.05. The Hall–Kier alpha value is -0.550. The molecule has 1 fully saturated rings. The van der Waals surface area contributed by atoms with Crippen molar-refractivity contribution in [2.24, 2.45) is 5.92 Å². The van der Waals surface area contributed by atoms with Crippen molar-refractivity contribution in [1.29, 1.82) is 0 Å². The maximum atomic E-state index is 12.4. The molecule has 0 N–H and O–H groups in total. The zero-order chi connectivity index (χ0) is 13.1. The van der Waals surface area contributed by atoms with Gasteiger partial charge in [-0.05, 0) is 27.9 Å². The molecule has 0 radical (unpaired) electrons. The van der Waals surface area contributed by atoms with Gasteiger partial charge in [0.15, 0.2) is 0 Å². The number of amides is 1. The second kappa shape index (κ2) is 6.06. The maximum Gasteiger partial charge on any atom is 0.255 e. The summed E-state index contributed by atoms with van der Waals surface area (Å²) in [6.45, 7) is 6.10. The second-order valence-electron chi connectivity index (χ2n) is 4.80. The van der Waals surface area contributed by atoms with Gasteiger partial charge in [0, 0.05) is 41.0 Å². The van der Waals surface area contributed by atoms with Crippen LogP contribution in [0.1, 0.15) is 24.2 Å². The topological polar surface area (TPSA) is 33.2 Å². The van der Waals surface area contributed by atoms with Gasteiger partial charge < -0.3 is 4.90 Å². The van der Waals surface area contributed by atoms with Crippen LogP contribution in [0, 0.1) is 5.92 Å². The van der Waals surface area contributed by atoms with Crippen LogP contribution in [0.3, 0.4) is 0 Å². The van der Waals surface area contributed by atoms with Crippen LogP contribution in [0.15, 0.2) is 22.9 Å². The summed E-state index contributed by atoms with van der Waals surface area (Å²) in [6.07, 6.45) is 3.33. The van der Waals surface area contributed by atoms with Crippen molar-refractivity contribution in [3.63, 3.8) is 0 Å². The van der Waals surface area contributed by atoms with E-state index in [2.05, 4.69) is 34.8 Å². The Bertz CT molecular complexity index is 439. The molecule has 1 aromatic heterocycles. The lowest BCUT2D eigenvalue weighted by Gasteiger charge is -2.34. The summed E-state index contributed by atoms with van der Waals surface area (Å²) in [5, 5.41) is 0.544. The lowest BCUT2D eigenvalue weighted by atomic mass is 10.1. The largest absolute Gasteiger partial charge is 0.337 e. The highest BCUT2D eigenvalue weighted by Crippen LogP contribution is 2.26. The summed E-state index contributed by atoms with van der Waals surface area (Å²) in [7, 11) is 0. The fraction of sp³-hybridized carbons (Fsp3) is 0.538. The summed E-state index contributed by atoms with van der Waals surface area (Å²) in [5.41, 5.74) is 0.666. The Kier molecular flexibility index (Phi) is 4.67. The van der Waals surface area contributed by atoms with Gasteiger partial charge in [0.05, 0.1) is 5.56 Å². The van der Waals surface area contributed by atoms with Gasteiger partial charge in [-0.15, -0.1) is 0 Å². The monoisotopic (exact) mass is 328 g/mol. The Labute approximate surface area is 120 Å². The Balaban J connectivity index is 2.09. The van der Waals surface area contributed by atoms with Gasteiger partial charge in [-0.3, -0.25) is 9.78 Å². The molecule has 98 valence electrons. The van der Waals surface area contributed by atoms with E-state index in [0.29, 0.717) is 16.7 Å². The molecule has 1 amide bonds. The normalized spacial score (nSPS) is 20.2. The molecule has 0 aliphatic carbocycles. The first-order chi connectivity index (χ1) is 8.58. The lowest BCUT2D eigenvalue weighted by Crippen LogP contribution is -2.43. The fourth-order valence-corrected chi connectivity index (χ4v) is 3.64. The molecule has 1 saturated heterocycles. The smallest absolute Gasteiger partial charge is 0.255 e. The number of nitrogens with zero attached hydrogens (tertiary/aromatic N) is 2. The van der Waals surface area contributed by atoms with Crippen molar-refractivity contribution >= 4 is 33.6 Å². The van der Waals surface area contributed by atoms with Gasteiger partial charge in [0.25, 0.3) is 5.91 Å². The predicted molar refractivity (Wildman–Crippen MR) is 78.9 cm³/mol. The molecule has 5 heteroatoms. The van der Waals surface area contributed by atoms with Crippen molar-refractivity contribution in [3.05, 3.63) is 28.5 Å². The van der Waals surface area contributed by atoms with E-state index in [4.69, 9.17) is 0 Å². The fourth-order valence-electron chi connectivity index (χ4n) is 1.97. The van der Waals surface area contributed by atoms with Gasteiger partial charge in [-0.25, -0.2) is 0 Å². The van der Waals surface area contributed by atoms with Crippen LogP contribution in [-0.4, -0.2) is 39.9 Å². The molecule has 1 aromatic rings. The van der Waals surface area contributed by atoms with E-state index >= 15 is 0 Å². The average molecular weight is 329 g/mol. The highest BCUT2D eigenvalue weighted by molar-refractivity contribution is 9.10. The van der Waals surface area contributed by atoms with Crippen LogP contribution < -0.4 is 0 Å². The van der Waals surface area contributed by atoms with Gasteiger partial charge in [0.2, 0.25) is 0 Å². The van der Waals surface area contributed by atoms with Crippen LogP contribution in [0.25, 0.3) is 0 Å². The maximum absolute atomic E-state index is 12.4. The minimum Gasteiger partial charge on any atom is -0.337 e. The molecular weight excluding hydrogens is 312 g/mol. The number of hydrogen-bond donors (Lipinski definition) is 0. The Morgan fingerprint density at radius 3 is 3.00 bits per heavy atom. The number of carbonyl (C=O) groups excluding carboxylic acids is 1. The van der Waals surface area contributed by atoms with E-state index in [-0.39, 0.29) is 5.91 Å². The van der Waals surface area contributed by atoms with Crippen molar-refractivity contribution in [2.75, 3.05) is 18.8 Å². The number of rotatable bonds is 2. The van der Waals surface area contributed by atoms with E-state index in [9.17, 15) is 4.79 Å². The first-order valence-electron chi connectivity index (χ1n) is 6.09. The number of aromatic nitrogens is 1. The van der Waals surface area contributed by atoms with Crippen LogP contribution in [-0.2, 0) is 0 Å². The first kappa shape index (κ1) is 13.9. The van der Waals surface area contributed by atoms with Crippen LogP contribution >= 0.6 is 27.7 Å². The van der Waals surface area contributed by atoms with Crippen molar-refractivity contribution < 1.29 is 4.79 Å². The molecule has 0 spiro atoms. The lowest BCUT2D eigenvalue weighted by molar-refractivity contribution is 0.0755. The van der Waals surface area contributed by atoms with E-state index < -0.39 is 0 Å². The third-order valence-electron chi connectivity index (χ3n) is 3.08. The minimum atomic E-state index is 0.0924. The molecule has 3 nitrogen and oxygen atoms in total. The van der Waals surface area contributed by atoms with E-state index in [1.165, 1.54) is 0 Å². The van der Waals surface area contributed by atoms with E-state index in [1.54, 1.807) is 12.4 Å². The molecule has 0 unspecified atom stereocenters. The van der Waals surface area contributed by atoms with Crippen LogP contribution in [0.5, 0.6) is 0 Å². The zero-order valence-electron chi connectivity index (χ0n) is 10.6. The number of carbonyl (C=O) groups is 1. The van der Waals surface area contributed by atoms with Crippen molar-refractivity contribution in [2.45, 2.75) is 19.1 Å². The molecule has 0 aromatic carbocycles. The van der Waals surface area contributed by atoms with Crippen LogP contribution in [0.4, 0.5) is 0 Å². The predicted octanol–water partition coefficient (Wildman–Crippen LogP) is 3.06. The van der Waals surface area contributed by atoms with Gasteiger partial charge in [-0.2, -0.15) is 11.8 Å². The molecule has 2 rings (SSSR count). The molecule has 18 heavy (non-hydrogen) atoms. The summed E-state index contributed by atoms with van der Waals surface area (Å²) < 4.78 is 0.847. The summed E-state index contributed by atoms with van der Waals surface area (Å²) >= 11 is 5.32. The molecule has 1 atom stereocenters. The summed E-state index contributed by atoms with van der Waals surface area (Å²) in [4.78, 5) is 18.4. The second-order valence-corrected chi connectivity index (χ2v) is 7.06. The zero-order valence-corrected chi connectivity index (χ0v) is 13.0. The molecule has 1 aliphatic rings. The van der Waals surface area contributed by atoms with E-state index in [0.717, 1.165) is 23.3 Å². The number of thioether (sulfide) groups is 1. The quantitative estimate of drug-likeness (QED) is 0.836. The highest BCUT2D eigenvalue weighted by Gasteiger charge is 2.26. The van der Waals surface area contributed by atoms with Gasteiger partial charge in [-0.1, -0.05) is 13.8 Å². The average Bonchev–Trinajstić information content (AvgIpc) is 2.38. The SMILES string of the molecule is CC(C)[C@@H]1CN(C(=O)c2cncc(Br)c2)CCS1. The number of hydrogen-bond acceptors (Lipinski definition) is 3. The Morgan fingerprint density at radius 2 is 2.33 bits per heavy atom. The molecule has 0 saturated carbocycles. The molecule has 2 heterocycles. The molecule has 1 aliphatic heterocycles. The van der Waals surface area contributed by atoms with Crippen molar-refractivity contribution in [3.8, 4) is 0 Å². The first-order valence-corrected chi connectivity index (χ1v) is 7.93. The summed E-state index contributed by atoms with van der Waals surface area (Å²) in [5.74, 6) is 1.72. The number of halogens is 1. The number of pyridine rings is 1. The van der Waals surface area contributed by atoms with Crippen LogP contribution in [0.2, 0.25) is 0 Å². The highest BCUT2D eigenvalue weighted by atomic mass is 79.9. The van der Waals surface area contributed by atoms with Crippen molar-refractivity contribution in [1.82, 2.24) is 9.88 Å². The molecule has 0 bridgehead atoms. The minimum absolute atomic E-state index is 0.0924. The van der Waals surface area contributed by atoms with E-state index in [1.807, 2.05) is 22.7 Å². The van der Waals surface area contributed by atoms with Gasteiger partial charge >= 0.3 is 0 Å². The molecular formula is C13H17BrN2OS. The Morgan fingerprint density at radius 1 is 1.56 bits per heavy atom. The standard InChI is InChI=1S/C13H17BrN2OS/c1-9(2)12-8-16(3-4-18-12)13(17)10-5-11(14)7-15-6-10/h5-7,9,12H,3-4,8H2,1-2H3/t12-/m0/s1.